The molecular formula is C18H22N4O5. The second-order valence-corrected chi connectivity index (χ2v) is 6.87. The second kappa shape index (κ2) is 8.35. The molecule has 3 amide bonds. The van der Waals surface area contributed by atoms with Crippen molar-refractivity contribution in [3.8, 4) is 0 Å². The fourth-order valence-electron chi connectivity index (χ4n) is 2.02. The SMILES string of the molecule is CC(C)(C)c1cc(NC(=O)COC(=O)c2ccc(CNC(N)=O)cc2)on1. The summed E-state index contributed by atoms with van der Waals surface area (Å²) in [6.07, 6.45) is 0. The van der Waals surface area contributed by atoms with E-state index in [1.165, 1.54) is 12.1 Å². The van der Waals surface area contributed by atoms with Crippen LogP contribution in [0.3, 0.4) is 0 Å². The maximum atomic E-state index is 12.0. The molecule has 4 N–H and O–H groups in total. The van der Waals surface area contributed by atoms with Gasteiger partial charge in [0.05, 0.1) is 11.3 Å². The maximum absolute atomic E-state index is 12.0. The van der Waals surface area contributed by atoms with E-state index in [1.54, 1.807) is 18.2 Å². The number of carbonyl (C=O) groups is 3. The molecule has 0 fully saturated rings. The first-order chi connectivity index (χ1) is 12.6. The molecule has 1 aromatic carbocycles. The highest BCUT2D eigenvalue weighted by atomic mass is 16.5. The van der Waals surface area contributed by atoms with Crippen molar-refractivity contribution >= 4 is 23.8 Å². The third-order valence-electron chi connectivity index (χ3n) is 3.53. The molecule has 144 valence electrons. The number of benzene rings is 1. The Bertz CT molecular complexity index is 821. The summed E-state index contributed by atoms with van der Waals surface area (Å²) in [6, 6.07) is 7.35. The Morgan fingerprint density at radius 2 is 1.85 bits per heavy atom. The summed E-state index contributed by atoms with van der Waals surface area (Å²) in [4.78, 5) is 34.5. The van der Waals surface area contributed by atoms with Crippen LogP contribution in [0.1, 0.15) is 42.4 Å². The van der Waals surface area contributed by atoms with Crippen LogP contribution in [0.4, 0.5) is 10.7 Å². The molecule has 0 unspecified atom stereocenters. The first kappa shape index (κ1) is 20.0. The molecule has 9 nitrogen and oxygen atoms in total. The van der Waals surface area contributed by atoms with Crippen molar-refractivity contribution in [3.05, 3.63) is 47.2 Å². The molecule has 0 saturated carbocycles. The third kappa shape index (κ3) is 6.14. The van der Waals surface area contributed by atoms with Crippen LogP contribution in [0.15, 0.2) is 34.9 Å². The van der Waals surface area contributed by atoms with Crippen molar-refractivity contribution in [2.75, 3.05) is 11.9 Å². The molecule has 0 atom stereocenters. The smallest absolute Gasteiger partial charge is 0.338 e. The van der Waals surface area contributed by atoms with Gasteiger partial charge >= 0.3 is 12.0 Å². The third-order valence-corrected chi connectivity index (χ3v) is 3.53. The van der Waals surface area contributed by atoms with Gasteiger partial charge in [0.2, 0.25) is 5.88 Å². The number of carbonyl (C=O) groups excluding carboxylic acids is 3. The lowest BCUT2D eigenvalue weighted by molar-refractivity contribution is -0.119. The highest BCUT2D eigenvalue weighted by Crippen LogP contribution is 2.23. The summed E-state index contributed by atoms with van der Waals surface area (Å²) in [5, 5.41) is 8.81. The zero-order valence-corrected chi connectivity index (χ0v) is 15.4. The highest BCUT2D eigenvalue weighted by molar-refractivity contribution is 5.94. The standard InChI is InChI=1S/C18H22N4O5/c1-18(2,3)13-8-15(27-22-13)21-14(23)10-26-16(24)12-6-4-11(5-7-12)9-20-17(19)25/h4-8H,9-10H2,1-3H3,(H,21,23)(H3,19,20,25). The van der Waals surface area contributed by atoms with E-state index >= 15 is 0 Å². The van der Waals surface area contributed by atoms with Gasteiger partial charge in [-0.15, -0.1) is 0 Å². The van der Waals surface area contributed by atoms with Crippen molar-refractivity contribution in [2.45, 2.75) is 32.7 Å². The largest absolute Gasteiger partial charge is 0.452 e. The van der Waals surface area contributed by atoms with Gasteiger partial charge in [0.15, 0.2) is 6.61 Å². The Labute approximate surface area is 156 Å². The lowest BCUT2D eigenvalue weighted by Gasteiger charge is -2.12. The predicted octanol–water partition coefficient (Wildman–Crippen LogP) is 1.94. The van der Waals surface area contributed by atoms with Gasteiger partial charge in [0.25, 0.3) is 5.91 Å². The van der Waals surface area contributed by atoms with Gasteiger partial charge in [-0.3, -0.25) is 10.1 Å². The number of nitrogens with one attached hydrogen (secondary N) is 2. The second-order valence-electron chi connectivity index (χ2n) is 6.87. The number of ether oxygens (including phenoxy) is 1. The molecule has 0 radical (unpaired) electrons. The van der Waals surface area contributed by atoms with E-state index in [0.29, 0.717) is 5.69 Å². The van der Waals surface area contributed by atoms with E-state index in [2.05, 4.69) is 15.8 Å². The summed E-state index contributed by atoms with van der Waals surface area (Å²) in [6.45, 7) is 5.69. The first-order valence-electron chi connectivity index (χ1n) is 8.21. The molecule has 27 heavy (non-hydrogen) atoms. The van der Waals surface area contributed by atoms with E-state index in [9.17, 15) is 14.4 Å². The monoisotopic (exact) mass is 374 g/mol. The Hall–Kier alpha value is -3.36. The van der Waals surface area contributed by atoms with Gasteiger partial charge in [-0.2, -0.15) is 0 Å². The number of urea groups is 1. The number of hydrogen-bond donors (Lipinski definition) is 3. The van der Waals surface area contributed by atoms with Crippen LogP contribution in [0.25, 0.3) is 0 Å². The maximum Gasteiger partial charge on any atom is 0.338 e. The number of rotatable bonds is 6. The fraction of sp³-hybridized carbons (Fsp3) is 0.333. The summed E-state index contributed by atoms with van der Waals surface area (Å²) in [5.74, 6) is -0.998. The fourth-order valence-corrected chi connectivity index (χ4v) is 2.02. The van der Waals surface area contributed by atoms with E-state index in [0.717, 1.165) is 5.56 Å². The van der Waals surface area contributed by atoms with Gasteiger partial charge in [-0.1, -0.05) is 38.1 Å². The van der Waals surface area contributed by atoms with E-state index < -0.39 is 24.5 Å². The number of nitrogens with zero attached hydrogens (tertiary/aromatic N) is 1. The van der Waals surface area contributed by atoms with Crippen LogP contribution in [0, 0.1) is 0 Å². The average molecular weight is 374 g/mol. The van der Waals surface area contributed by atoms with Crippen LogP contribution in [-0.4, -0.2) is 29.7 Å². The van der Waals surface area contributed by atoms with Crippen molar-refractivity contribution in [3.63, 3.8) is 0 Å². The molecule has 0 aliphatic heterocycles. The van der Waals surface area contributed by atoms with E-state index in [4.69, 9.17) is 15.0 Å². The molecular weight excluding hydrogens is 352 g/mol. The summed E-state index contributed by atoms with van der Waals surface area (Å²) >= 11 is 0. The molecule has 0 aliphatic rings. The first-order valence-corrected chi connectivity index (χ1v) is 8.21. The quantitative estimate of drug-likeness (QED) is 0.661. The van der Waals surface area contributed by atoms with Crippen molar-refractivity contribution in [1.82, 2.24) is 10.5 Å². The molecule has 1 aromatic heterocycles. The van der Waals surface area contributed by atoms with Crippen LogP contribution < -0.4 is 16.4 Å². The predicted molar refractivity (Wildman–Crippen MR) is 97.0 cm³/mol. The Morgan fingerprint density at radius 3 is 2.41 bits per heavy atom. The number of aromatic nitrogens is 1. The average Bonchev–Trinajstić information content (AvgIpc) is 3.07. The van der Waals surface area contributed by atoms with Crippen molar-refractivity contribution in [2.24, 2.45) is 5.73 Å². The minimum Gasteiger partial charge on any atom is -0.452 e. The van der Waals surface area contributed by atoms with Gasteiger partial charge in [0.1, 0.15) is 0 Å². The zero-order valence-electron chi connectivity index (χ0n) is 15.4. The number of amides is 3. The van der Waals surface area contributed by atoms with Gasteiger partial charge in [-0.05, 0) is 17.7 Å². The Kier molecular flexibility index (Phi) is 6.17. The number of hydrogen-bond acceptors (Lipinski definition) is 6. The number of anilines is 1. The van der Waals surface area contributed by atoms with E-state index in [-0.39, 0.29) is 23.4 Å². The summed E-state index contributed by atoms with van der Waals surface area (Å²) < 4.78 is 10.0. The van der Waals surface area contributed by atoms with Gasteiger partial charge < -0.3 is 20.3 Å². The number of primary amides is 1. The normalized spacial score (nSPS) is 10.9. The van der Waals surface area contributed by atoms with Crippen LogP contribution in [-0.2, 0) is 21.5 Å². The molecule has 1 heterocycles. The molecule has 2 aromatic rings. The molecule has 2 rings (SSSR count). The summed E-state index contributed by atoms with van der Waals surface area (Å²) in [5.41, 5.74) is 6.52. The molecule has 9 heteroatoms. The molecule has 0 bridgehead atoms. The van der Waals surface area contributed by atoms with Crippen molar-refractivity contribution in [1.29, 1.82) is 0 Å². The van der Waals surface area contributed by atoms with Crippen LogP contribution in [0.2, 0.25) is 0 Å². The molecule has 0 saturated heterocycles. The zero-order chi connectivity index (χ0) is 20.0. The lowest BCUT2D eigenvalue weighted by Crippen LogP contribution is -2.28. The minimum atomic E-state index is -0.646. The minimum absolute atomic E-state index is 0.187. The topological polar surface area (TPSA) is 137 Å². The Balaban J connectivity index is 1.83. The van der Waals surface area contributed by atoms with Gasteiger partial charge in [0, 0.05) is 18.0 Å². The molecule has 0 aliphatic carbocycles. The van der Waals surface area contributed by atoms with Gasteiger partial charge in [-0.25, -0.2) is 9.59 Å². The van der Waals surface area contributed by atoms with E-state index in [1.807, 2.05) is 20.8 Å². The van der Waals surface area contributed by atoms with Crippen LogP contribution in [0.5, 0.6) is 0 Å². The van der Waals surface area contributed by atoms with Crippen molar-refractivity contribution < 1.29 is 23.6 Å². The Morgan fingerprint density at radius 1 is 1.19 bits per heavy atom. The lowest BCUT2D eigenvalue weighted by atomic mass is 9.92. The molecule has 0 spiro atoms. The summed E-state index contributed by atoms with van der Waals surface area (Å²) in [7, 11) is 0. The number of nitrogens with two attached hydrogens (primary N) is 1. The number of esters is 1. The van der Waals surface area contributed by atoms with Crippen LogP contribution >= 0.6 is 0 Å². The highest BCUT2D eigenvalue weighted by Gasteiger charge is 2.20.